The van der Waals surface area contributed by atoms with Crippen LogP contribution in [-0.4, -0.2) is 34.9 Å². The summed E-state index contributed by atoms with van der Waals surface area (Å²) in [6.45, 7) is 0. The Labute approximate surface area is 210 Å². The molecule has 0 bridgehead atoms. The van der Waals surface area contributed by atoms with Crippen LogP contribution in [0.4, 0.5) is 0 Å². The highest BCUT2D eigenvalue weighted by Crippen LogP contribution is 2.61. The molecule has 10 nitrogen and oxygen atoms in total. The number of fused-ring (bicyclic) bond motifs is 7. The first kappa shape index (κ1) is 21.7. The van der Waals surface area contributed by atoms with Crippen LogP contribution in [0.3, 0.4) is 0 Å². The van der Waals surface area contributed by atoms with Gasteiger partial charge in [-0.3, -0.25) is 14.3 Å². The lowest BCUT2D eigenvalue weighted by Gasteiger charge is -2.17. The van der Waals surface area contributed by atoms with Crippen LogP contribution >= 0.6 is 7.82 Å². The SMILES string of the molecule is Cn1cc(-c2cc3ccccc3c3c2OP(=O)(O)Oc2c(-c4cn(C)nn4)cc4ccccc4c2-3)nn1. The van der Waals surface area contributed by atoms with E-state index in [9.17, 15) is 9.46 Å². The molecule has 0 aliphatic carbocycles. The molecule has 182 valence electrons. The summed E-state index contributed by atoms with van der Waals surface area (Å²) in [5.41, 5.74) is 3.32. The number of nitrogens with zero attached hydrogens (tertiary/aromatic N) is 6. The normalized spacial score (nSPS) is 14.0. The summed E-state index contributed by atoms with van der Waals surface area (Å²) in [4.78, 5) is 11.0. The standard InChI is InChI=1S/C26H19N6O4P/c1-31-13-21(27-29-31)19-11-15-7-3-5-9-17(15)23-24-18-10-6-4-8-16(18)12-20(22-14-32(2)30-28-22)26(24)36-37(33,34)35-25(19)23/h3-14H,1-2H3,(H,33,34). The number of benzene rings is 4. The number of rotatable bonds is 2. The third-order valence-corrected chi connectivity index (χ3v) is 7.25. The zero-order valence-electron chi connectivity index (χ0n) is 19.7. The Balaban J connectivity index is 1.71. The highest BCUT2D eigenvalue weighted by molar-refractivity contribution is 7.48. The fourth-order valence-corrected chi connectivity index (χ4v) is 5.79. The average molecular weight is 510 g/mol. The van der Waals surface area contributed by atoms with Gasteiger partial charge in [0.2, 0.25) is 0 Å². The van der Waals surface area contributed by atoms with Gasteiger partial charge < -0.3 is 9.05 Å². The largest absolute Gasteiger partial charge is 0.584 e. The predicted molar refractivity (Wildman–Crippen MR) is 138 cm³/mol. The second-order valence-electron chi connectivity index (χ2n) is 8.90. The Morgan fingerprint density at radius 2 is 1.16 bits per heavy atom. The Kier molecular flexibility index (Phi) is 4.54. The third kappa shape index (κ3) is 3.41. The summed E-state index contributed by atoms with van der Waals surface area (Å²) < 4.78 is 28.3. The molecule has 6 aromatic rings. The molecule has 0 saturated heterocycles. The second-order valence-corrected chi connectivity index (χ2v) is 10.2. The first-order valence-electron chi connectivity index (χ1n) is 11.5. The van der Waals surface area contributed by atoms with E-state index in [0.717, 1.165) is 21.5 Å². The van der Waals surface area contributed by atoms with Gasteiger partial charge in [-0.2, -0.15) is 0 Å². The second kappa shape index (κ2) is 7.73. The van der Waals surface area contributed by atoms with E-state index in [1.807, 2.05) is 60.7 Å². The van der Waals surface area contributed by atoms with Crippen LogP contribution in [0.25, 0.3) is 55.2 Å². The van der Waals surface area contributed by atoms with Crippen molar-refractivity contribution in [1.82, 2.24) is 30.0 Å². The minimum atomic E-state index is -4.64. The van der Waals surface area contributed by atoms with Crippen molar-refractivity contribution in [1.29, 1.82) is 0 Å². The zero-order valence-corrected chi connectivity index (χ0v) is 20.6. The highest BCUT2D eigenvalue weighted by Gasteiger charge is 2.38. The third-order valence-electron chi connectivity index (χ3n) is 6.42. The summed E-state index contributed by atoms with van der Waals surface area (Å²) in [6, 6.07) is 19.4. The maximum absolute atomic E-state index is 13.5. The van der Waals surface area contributed by atoms with Gasteiger partial charge in [0, 0.05) is 36.3 Å². The van der Waals surface area contributed by atoms with Crippen molar-refractivity contribution >= 4 is 29.4 Å². The Morgan fingerprint density at radius 3 is 1.57 bits per heavy atom. The van der Waals surface area contributed by atoms with Gasteiger partial charge >= 0.3 is 7.82 Å². The van der Waals surface area contributed by atoms with Crippen LogP contribution in [0.5, 0.6) is 11.5 Å². The van der Waals surface area contributed by atoms with Crippen LogP contribution in [0.1, 0.15) is 0 Å². The van der Waals surface area contributed by atoms with Gasteiger partial charge in [0.05, 0.1) is 12.4 Å². The maximum Gasteiger partial charge on any atom is 0.584 e. The van der Waals surface area contributed by atoms with E-state index in [0.29, 0.717) is 33.6 Å². The summed E-state index contributed by atoms with van der Waals surface area (Å²) in [5, 5.41) is 20.1. The molecular formula is C26H19N6O4P. The number of aryl methyl sites for hydroxylation is 2. The molecule has 1 aliphatic rings. The van der Waals surface area contributed by atoms with Gasteiger partial charge in [-0.1, -0.05) is 59.0 Å². The Morgan fingerprint density at radius 1 is 0.730 bits per heavy atom. The minimum Gasteiger partial charge on any atom is -0.394 e. The van der Waals surface area contributed by atoms with Crippen molar-refractivity contribution in [2.75, 3.05) is 0 Å². The number of phosphoric ester groups is 1. The van der Waals surface area contributed by atoms with E-state index in [-0.39, 0.29) is 11.5 Å². The molecule has 37 heavy (non-hydrogen) atoms. The molecule has 0 amide bonds. The van der Waals surface area contributed by atoms with Crippen molar-refractivity contribution in [2.24, 2.45) is 14.1 Å². The first-order valence-corrected chi connectivity index (χ1v) is 12.9. The lowest BCUT2D eigenvalue weighted by Crippen LogP contribution is -2.00. The molecule has 11 heteroatoms. The minimum absolute atomic E-state index is 0.199. The average Bonchev–Trinajstić information content (AvgIpc) is 3.48. The van der Waals surface area contributed by atoms with E-state index < -0.39 is 7.82 Å². The van der Waals surface area contributed by atoms with Crippen LogP contribution in [-0.2, 0) is 18.7 Å². The van der Waals surface area contributed by atoms with Crippen molar-refractivity contribution in [3.63, 3.8) is 0 Å². The molecule has 0 fully saturated rings. The molecule has 0 spiro atoms. The molecule has 0 saturated carbocycles. The van der Waals surface area contributed by atoms with Gasteiger partial charge in [0.15, 0.2) is 11.5 Å². The molecule has 1 aliphatic heterocycles. The topological polar surface area (TPSA) is 117 Å². The van der Waals surface area contributed by atoms with Crippen LogP contribution in [0, 0.1) is 0 Å². The smallest absolute Gasteiger partial charge is 0.394 e. The number of hydrogen-bond donors (Lipinski definition) is 1. The summed E-state index contributed by atoms with van der Waals surface area (Å²) >= 11 is 0. The number of hydrogen-bond acceptors (Lipinski definition) is 7. The van der Waals surface area contributed by atoms with E-state index in [4.69, 9.17) is 9.05 Å². The summed E-state index contributed by atoms with van der Waals surface area (Å²) in [5.74, 6) is 0.399. The zero-order chi connectivity index (χ0) is 25.3. The molecule has 7 rings (SSSR count). The van der Waals surface area contributed by atoms with Crippen LogP contribution < -0.4 is 9.05 Å². The van der Waals surface area contributed by atoms with Gasteiger partial charge in [0.25, 0.3) is 0 Å². The van der Waals surface area contributed by atoms with Gasteiger partial charge in [0.1, 0.15) is 11.4 Å². The monoisotopic (exact) mass is 510 g/mol. The van der Waals surface area contributed by atoms with Crippen molar-refractivity contribution < 1.29 is 18.5 Å². The highest BCUT2D eigenvalue weighted by atomic mass is 31.2. The molecule has 0 unspecified atom stereocenters. The number of aromatic nitrogens is 6. The lowest BCUT2D eigenvalue weighted by molar-refractivity contribution is 0.295. The van der Waals surface area contributed by atoms with Gasteiger partial charge in [-0.15, -0.1) is 10.2 Å². The molecule has 3 heterocycles. The molecule has 2 aromatic heterocycles. The lowest BCUT2D eigenvalue weighted by atomic mass is 9.88. The van der Waals surface area contributed by atoms with E-state index in [1.54, 1.807) is 35.9 Å². The van der Waals surface area contributed by atoms with E-state index in [2.05, 4.69) is 20.6 Å². The maximum atomic E-state index is 13.5. The fourth-order valence-electron chi connectivity index (χ4n) is 4.91. The molecular weight excluding hydrogens is 491 g/mol. The first-order chi connectivity index (χ1) is 17.9. The van der Waals surface area contributed by atoms with Gasteiger partial charge in [-0.05, 0) is 33.7 Å². The van der Waals surface area contributed by atoms with E-state index in [1.165, 1.54) is 0 Å². The fraction of sp³-hybridized carbons (Fsp3) is 0.0769. The van der Waals surface area contributed by atoms with Crippen molar-refractivity contribution in [3.8, 4) is 45.1 Å². The van der Waals surface area contributed by atoms with Crippen LogP contribution in [0.15, 0.2) is 73.1 Å². The molecule has 4 aromatic carbocycles. The molecule has 0 radical (unpaired) electrons. The Bertz CT molecular complexity index is 1790. The summed E-state index contributed by atoms with van der Waals surface area (Å²) in [6.07, 6.45) is 3.47. The Hall–Kier alpha value is -4.53. The summed E-state index contributed by atoms with van der Waals surface area (Å²) in [7, 11) is -1.13. The quantitative estimate of drug-likeness (QED) is 0.319. The van der Waals surface area contributed by atoms with Crippen LogP contribution in [0.2, 0.25) is 0 Å². The van der Waals surface area contributed by atoms with Crippen molar-refractivity contribution in [2.45, 2.75) is 0 Å². The van der Waals surface area contributed by atoms with E-state index >= 15 is 0 Å². The molecule has 0 atom stereocenters. The van der Waals surface area contributed by atoms with Gasteiger partial charge in [-0.25, -0.2) is 4.57 Å². The molecule has 1 N–H and O–H groups in total. The van der Waals surface area contributed by atoms with Crippen molar-refractivity contribution in [3.05, 3.63) is 73.1 Å². The predicted octanol–water partition coefficient (Wildman–Crippen LogP) is 5.12. The number of phosphoric acid groups is 1.